The Labute approximate surface area is 161 Å². The maximum atomic E-state index is 5.52. The predicted octanol–water partition coefficient (Wildman–Crippen LogP) is 3.34. The van der Waals surface area contributed by atoms with Gasteiger partial charge in [0.2, 0.25) is 0 Å². The molecule has 0 bridgehead atoms. The average molecular weight is 370 g/mol. The van der Waals surface area contributed by atoms with Crippen LogP contribution in [0.25, 0.3) is 0 Å². The predicted molar refractivity (Wildman–Crippen MR) is 106 cm³/mol. The summed E-state index contributed by atoms with van der Waals surface area (Å²) in [5, 5.41) is 0. The molecule has 2 aromatic rings. The first-order chi connectivity index (χ1) is 13.1. The minimum absolute atomic E-state index is 0.755. The SMILES string of the molecule is COc1ccc(CCC2=[N+](C)CCc3cc(OC)c(OC)cc32)cc1OC. The summed E-state index contributed by atoms with van der Waals surface area (Å²) < 4.78 is 24.1. The summed E-state index contributed by atoms with van der Waals surface area (Å²) in [6.45, 7) is 1.00. The lowest BCUT2D eigenvalue weighted by molar-refractivity contribution is -0.499. The lowest BCUT2D eigenvalue weighted by Gasteiger charge is -2.19. The van der Waals surface area contributed by atoms with E-state index in [0.717, 1.165) is 48.8 Å². The van der Waals surface area contributed by atoms with Gasteiger partial charge in [-0.1, -0.05) is 6.07 Å². The van der Waals surface area contributed by atoms with E-state index in [1.807, 2.05) is 6.07 Å². The van der Waals surface area contributed by atoms with E-state index >= 15 is 0 Å². The standard InChI is InChI=1S/C22H28NO4/c1-23-11-10-16-13-21(26-4)22(27-5)14-17(16)18(23)8-6-15-7-9-19(24-2)20(12-15)25-3/h7,9,12-14H,6,8,10-11H2,1-5H3/q+1. The highest BCUT2D eigenvalue weighted by Crippen LogP contribution is 2.33. The first-order valence-corrected chi connectivity index (χ1v) is 9.14. The number of likely N-dealkylation sites (N-methyl/N-ethyl adjacent to an activating group) is 1. The summed E-state index contributed by atoms with van der Waals surface area (Å²) in [5.41, 5.74) is 5.11. The number of rotatable bonds is 7. The van der Waals surface area contributed by atoms with Gasteiger partial charge in [0.05, 0.1) is 28.4 Å². The van der Waals surface area contributed by atoms with Crippen molar-refractivity contribution in [2.24, 2.45) is 0 Å². The van der Waals surface area contributed by atoms with Crippen LogP contribution in [-0.4, -0.2) is 52.3 Å². The molecule has 0 N–H and O–H groups in total. The first kappa shape index (κ1) is 19.1. The zero-order valence-electron chi connectivity index (χ0n) is 16.8. The van der Waals surface area contributed by atoms with E-state index in [2.05, 4.69) is 35.9 Å². The highest BCUT2D eigenvalue weighted by molar-refractivity contribution is 5.99. The lowest BCUT2D eigenvalue weighted by atomic mass is 9.92. The molecule has 144 valence electrons. The quantitative estimate of drug-likeness (QED) is 0.701. The Morgan fingerprint density at radius 1 is 0.778 bits per heavy atom. The van der Waals surface area contributed by atoms with Crippen molar-refractivity contribution in [2.45, 2.75) is 19.3 Å². The van der Waals surface area contributed by atoms with E-state index in [0.29, 0.717) is 0 Å². The summed E-state index contributed by atoms with van der Waals surface area (Å²) >= 11 is 0. The minimum atomic E-state index is 0.755. The van der Waals surface area contributed by atoms with E-state index < -0.39 is 0 Å². The lowest BCUT2D eigenvalue weighted by Crippen LogP contribution is -2.28. The van der Waals surface area contributed by atoms with Crippen LogP contribution < -0.4 is 18.9 Å². The number of methoxy groups -OCH3 is 4. The van der Waals surface area contributed by atoms with Crippen molar-refractivity contribution in [1.29, 1.82) is 0 Å². The van der Waals surface area contributed by atoms with Crippen molar-refractivity contribution in [3.05, 3.63) is 47.0 Å². The van der Waals surface area contributed by atoms with Gasteiger partial charge in [-0.25, -0.2) is 4.58 Å². The molecule has 0 radical (unpaired) electrons. The van der Waals surface area contributed by atoms with Gasteiger partial charge in [0.1, 0.15) is 13.6 Å². The number of ether oxygens (including phenoxy) is 4. The van der Waals surface area contributed by atoms with Gasteiger partial charge in [-0.2, -0.15) is 0 Å². The van der Waals surface area contributed by atoms with Crippen LogP contribution >= 0.6 is 0 Å². The maximum absolute atomic E-state index is 5.52. The molecule has 0 spiro atoms. The van der Waals surface area contributed by atoms with Crippen LogP contribution in [0.2, 0.25) is 0 Å². The Hall–Kier alpha value is -2.69. The first-order valence-electron chi connectivity index (χ1n) is 9.14. The van der Waals surface area contributed by atoms with Crippen LogP contribution in [0.15, 0.2) is 30.3 Å². The Bertz CT molecular complexity index is 858. The van der Waals surface area contributed by atoms with E-state index in [1.54, 1.807) is 28.4 Å². The van der Waals surface area contributed by atoms with Crippen LogP contribution in [0.5, 0.6) is 23.0 Å². The molecule has 1 aliphatic heterocycles. The zero-order valence-corrected chi connectivity index (χ0v) is 16.8. The van der Waals surface area contributed by atoms with Crippen molar-refractivity contribution in [3.63, 3.8) is 0 Å². The topological polar surface area (TPSA) is 39.9 Å². The third kappa shape index (κ3) is 3.87. The summed E-state index contributed by atoms with van der Waals surface area (Å²) in [6, 6.07) is 10.3. The number of fused-ring (bicyclic) bond motifs is 1. The van der Waals surface area contributed by atoms with E-state index in [4.69, 9.17) is 18.9 Å². The normalized spacial score (nSPS) is 13.2. The Kier molecular flexibility index (Phi) is 5.89. The maximum Gasteiger partial charge on any atom is 0.183 e. The summed E-state index contributed by atoms with van der Waals surface area (Å²) in [4.78, 5) is 0. The van der Waals surface area contributed by atoms with Crippen LogP contribution in [-0.2, 0) is 12.8 Å². The van der Waals surface area contributed by atoms with Gasteiger partial charge in [0.25, 0.3) is 0 Å². The fourth-order valence-corrected chi connectivity index (χ4v) is 3.65. The van der Waals surface area contributed by atoms with Crippen molar-refractivity contribution in [2.75, 3.05) is 42.0 Å². The van der Waals surface area contributed by atoms with Gasteiger partial charge >= 0.3 is 0 Å². The second kappa shape index (κ2) is 8.33. The second-order valence-corrected chi connectivity index (χ2v) is 6.67. The van der Waals surface area contributed by atoms with Gasteiger partial charge in [-0.3, -0.25) is 0 Å². The summed E-state index contributed by atoms with van der Waals surface area (Å²) in [6.07, 6.45) is 2.87. The summed E-state index contributed by atoms with van der Waals surface area (Å²) in [5.74, 6) is 3.09. The van der Waals surface area contributed by atoms with Gasteiger partial charge in [-0.15, -0.1) is 0 Å². The van der Waals surface area contributed by atoms with Crippen LogP contribution in [0.1, 0.15) is 23.1 Å². The minimum Gasteiger partial charge on any atom is -0.493 e. The van der Waals surface area contributed by atoms with Crippen LogP contribution in [0.4, 0.5) is 0 Å². The molecule has 0 aliphatic carbocycles. The number of nitrogens with zero attached hydrogens (tertiary/aromatic N) is 1. The van der Waals surface area contributed by atoms with E-state index in [1.165, 1.54) is 22.4 Å². The molecule has 0 unspecified atom stereocenters. The number of hydrogen-bond acceptors (Lipinski definition) is 4. The molecule has 0 amide bonds. The van der Waals surface area contributed by atoms with Crippen molar-refractivity contribution >= 4 is 5.71 Å². The Morgan fingerprint density at radius 2 is 1.41 bits per heavy atom. The smallest absolute Gasteiger partial charge is 0.183 e. The molecular weight excluding hydrogens is 342 g/mol. The molecule has 27 heavy (non-hydrogen) atoms. The molecule has 0 saturated heterocycles. The molecule has 2 aromatic carbocycles. The fourth-order valence-electron chi connectivity index (χ4n) is 3.65. The average Bonchev–Trinajstić information content (AvgIpc) is 2.71. The Balaban J connectivity index is 1.87. The zero-order chi connectivity index (χ0) is 19.4. The second-order valence-electron chi connectivity index (χ2n) is 6.67. The third-order valence-electron chi connectivity index (χ3n) is 5.20. The number of aryl methyl sites for hydroxylation is 1. The molecule has 3 rings (SSSR count). The molecule has 0 atom stereocenters. The molecule has 5 nitrogen and oxygen atoms in total. The third-order valence-corrected chi connectivity index (χ3v) is 5.20. The van der Waals surface area contributed by atoms with Gasteiger partial charge < -0.3 is 18.9 Å². The summed E-state index contributed by atoms with van der Waals surface area (Å²) in [7, 11) is 8.84. The molecular formula is C22H28NO4+. The van der Waals surface area contributed by atoms with E-state index in [9.17, 15) is 0 Å². The molecule has 0 aromatic heterocycles. The highest BCUT2D eigenvalue weighted by atomic mass is 16.5. The molecule has 1 heterocycles. The largest absolute Gasteiger partial charge is 0.493 e. The molecule has 1 aliphatic rings. The van der Waals surface area contributed by atoms with Crippen molar-refractivity contribution in [3.8, 4) is 23.0 Å². The number of hydrogen-bond donors (Lipinski definition) is 0. The van der Waals surface area contributed by atoms with Crippen molar-refractivity contribution < 1.29 is 23.5 Å². The Morgan fingerprint density at radius 3 is 2.07 bits per heavy atom. The van der Waals surface area contributed by atoms with Crippen LogP contribution in [0.3, 0.4) is 0 Å². The van der Waals surface area contributed by atoms with Gasteiger partial charge in [-0.05, 0) is 41.8 Å². The molecule has 0 saturated carbocycles. The van der Waals surface area contributed by atoms with Gasteiger partial charge in [0.15, 0.2) is 28.7 Å². The van der Waals surface area contributed by atoms with Crippen molar-refractivity contribution in [1.82, 2.24) is 0 Å². The fraction of sp³-hybridized carbons (Fsp3) is 0.409. The molecule has 0 fully saturated rings. The van der Waals surface area contributed by atoms with Crippen LogP contribution in [0, 0.1) is 0 Å². The van der Waals surface area contributed by atoms with E-state index in [-0.39, 0.29) is 0 Å². The number of benzene rings is 2. The highest BCUT2D eigenvalue weighted by Gasteiger charge is 2.25. The monoisotopic (exact) mass is 370 g/mol. The molecule has 5 heteroatoms. The van der Waals surface area contributed by atoms with Gasteiger partial charge in [0, 0.05) is 18.4 Å².